The second-order valence-corrected chi connectivity index (χ2v) is 7.57. The molecule has 130 valence electrons. The second-order valence-electron chi connectivity index (χ2n) is 6.29. The smallest absolute Gasteiger partial charge is 0.258 e. The number of halogens is 1. The maximum Gasteiger partial charge on any atom is 0.258 e. The zero-order valence-electron chi connectivity index (χ0n) is 13.8. The van der Waals surface area contributed by atoms with E-state index in [0.29, 0.717) is 0 Å². The first-order valence-electron chi connectivity index (χ1n) is 8.33. The molecule has 0 saturated carbocycles. The zero-order chi connectivity index (χ0) is 17.2. The third kappa shape index (κ3) is 3.77. The SMILES string of the molecule is O=c1cc(CN2CCN(Cc3ccccc3Cl)CC2)nc2sccn12. The molecular weight excluding hydrogens is 356 g/mol. The highest BCUT2D eigenvalue weighted by Gasteiger charge is 2.18. The number of thiazole rings is 1. The van der Waals surface area contributed by atoms with Crippen LogP contribution < -0.4 is 5.56 Å². The van der Waals surface area contributed by atoms with Gasteiger partial charge in [0, 0.05) is 61.9 Å². The normalized spacial score (nSPS) is 16.5. The molecule has 5 nitrogen and oxygen atoms in total. The molecule has 7 heteroatoms. The maximum atomic E-state index is 12.1. The summed E-state index contributed by atoms with van der Waals surface area (Å²) >= 11 is 7.75. The Morgan fingerprint density at radius 2 is 1.80 bits per heavy atom. The van der Waals surface area contributed by atoms with Gasteiger partial charge in [0.1, 0.15) is 0 Å². The highest BCUT2D eigenvalue weighted by molar-refractivity contribution is 7.15. The number of piperazine rings is 1. The van der Waals surface area contributed by atoms with E-state index in [1.807, 2.05) is 23.6 Å². The summed E-state index contributed by atoms with van der Waals surface area (Å²) in [6, 6.07) is 9.67. The predicted molar refractivity (Wildman–Crippen MR) is 101 cm³/mol. The fourth-order valence-electron chi connectivity index (χ4n) is 3.17. The number of aromatic nitrogens is 2. The van der Waals surface area contributed by atoms with Gasteiger partial charge in [0.2, 0.25) is 0 Å². The Bertz CT molecular complexity index is 930. The second kappa shape index (κ2) is 7.25. The Kier molecular flexibility index (Phi) is 4.85. The van der Waals surface area contributed by atoms with Crippen molar-refractivity contribution in [3.05, 3.63) is 68.5 Å². The van der Waals surface area contributed by atoms with Crippen LogP contribution in [0.25, 0.3) is 4.96 Å². The van der Waals surface area contributed by atoms with Crippen LogP contribution in [0.1, 0.15) is 11.3 Å². The summed E-state index contributed by atoms with van der Waals surface area (Å²) in [7, 11) is 0. The van der Waals surface area contributed by atoms with Crippen LogP contribution in [-0.4, -0.2) is 45.4 Å². The Balaban J connectivity index is 1.37. The van der Waals surface area contributed by atoms with E-state index in [9.17, 15) is 4.79 Å². The average molecular weight is 375 g/mol. The molecule has 0 radical (unpaired) electrons. The predicted octanol–water partition coefficient (Wildman–Crippen LogP) is 2.73. The van der Waals surface area contributed by atoms with E-state index in [1.165, 1.54) is 16.9 Å². The quantitative estimate of drug-likeness (QED) is 0.704. The average Bonchev–Trinajstić information content (AvgIpc) is 3.08. The Labute approximate surface area is 155 Å². The number of hydrogen-bond acceptors (Lipinski definition) is 5. The van der Waals surface area contributed by atoms with Crippen molar-refractivity contribution in [1.29, 1.82) is 0 Å². The summed E-state index contributed by atoms with van der Waals surface area (Å²) in [5.74, 6) is 0. The fraction of sp³-hybridized carbons (Fsp3) is 0.333. The number of rotatable bonds is 4. The molecule has 1 aromatic carbocycles. The highest BCUT2D eigenvalue weighted by atomic mass is 35.5. The van der Waals surface area contributed by atoms with Crippen molar-refractivity contribution in [3.63, 3.8) is 0 Å². The first kappa shape index (κ1) is 16.7. The van der Waals surface area contributed by atoms with Crippen LogP contribution in [0.2, 0.25) is 5.02 Å². The number of nitrogens with zero attached hydrogens (tertiary/aromatic N) is 4. The molecule has 0 unspecified atom stereocenters. The van der Waals surface area contributed by atoms with Gasteiger partial charge in [0.05, 0.1) is 5.69 Å². The number of benzene rings is 1. The van der Waals surface area contributed by atoms with Gasteiger partial charge in [-0.3, -0.25) is 19.0 Å². The molecule has 0 N–H and O–H groups in total. The van der Waals surface area contributed by atoms with E-state index in [0.717, 1.165) is 54.9 Å². The first-order chi connectivity index (χ1) is 12.2. The lowest BCUT2D eigenvalue weighted by molar-refractivity contribution is 0.121. The zero-order valence-corrected chi connectivity index (χ0v) is 15.3. The van der Waals surface area contributed by atoms with Gasteiger partial charge in [-0.15, -0.1) is 11.3 Å². The molecule has 3 heterocycles. The topological polar surface area (TPSA) is 40.9 Å². The van der Waals surface area contributed by atoms with Crippen LogP contribution in [0.3, 0.4) is 0 Å². The van der Waals surface area contributed by atoms with Crippen molar-refractivity contribution in [3.8, 4) is 0 Å². The van der Waals surface area contributed by atoms with Crippen molar-refractivity contribution in [2.45, 2.75) is 13.1 Å². The minimum Gasteiger partial charge on any atom is -0.296 e. The third-order valence-corrected chi connectivity index (χ3v) is 5.68. The summed E-state index contributed by atoms with van der Waals surface area (Å²) in [4.78, 5) is 22.2. The van der Waals surface area contributed by atoms with Gasteiger partial charge in [-0.25, -0.2) is 4.98 Å². The third-order valence-electron chi connectivity index (χ3n) is 4.56. The van der Waals surface area contributed by atoms with Crippen LogP contribution in [0.15, 0.2) is 46.7 Å². The highest BCUT2D eigenvalue weighted by Crippen LogP contribution is 2.18. The van der Waals surface area contributed by atoms with Crippen molar-refractivity contribution in [1.82, 2.24) is 19.2 Å². The monoisotopic (exact) mass is 374 g/mol. The Morgan fingerprint density at radius 3 is 2.56 bits per heavy atom. The molecule has 0 aliphatic carbocycles. The Morgan fingerprint density at radius 1 is 1.08 bits per heavy atom. The lowest BCUT2D eigenvalue weighted by Gasteiger charge is -2.34. The minimum atomic E-state index is -0.00129. The van der Waals surface area contributed by atoms with Crippen molar-refractivity contribution in [2.75, 3.05) is 26.2 Å². The molecule has 0 amide bonds. The molecule has 1 aliphatic rings. The van der Waals surface area contributed by atoms with Crippen LogP contribution in [0.5, 0.6) is 0 Å². The molecule has 0 bridgehead atoms. The summed E-state index contributed by atoms with van der Waals surface area (Å²) in [5, 5.41) is 2.72. The molecule has 3 aromatic rings. The van der Waals surface area contributed by atoms with Gasteiger partial charge < -0.3 is 0 Å². The maximum absolute atomic E-state index is 12.1. The molecule has 0 atom stereocenters. The van der Waals surface area contributed by atoms with Crippen molar-refractivity contribution < 1.29 is 0 Å². The van der Waals surface area contributed by atoms with Gasteiger partial charge >= 0.3 is 0 Å². The minimum absolute atomic E-state index is 0.00129. The molecule has 1 fully saturated rings. The molecule has 25 heavy (non-hydrogen) atoms. The van der Waals surface area contributed by atoms with Gasteiger partial charge in [-0.2, -0.15) is 0 Å². The molecule has 1 saturated heterocycles. The van der Waals surface area contributed by atoms with Gasteiger partial charge in [0.15, 0.2) is 4.96 Å². The Hall–Kier alpha value is -1.73. The van der Waals surface area contributed by atoms with Gasteiger partial charge in [0.25, 0.3) is 5.56 Å². The van der Waals surface area contributed by atoms with E-state index < -0.39 is 0 Å². The summed E-state index contributed by atoms with van der Waals surface area (Å²) in [5.41, 5.74) is 2.03. The molecule has 1 aliphatic heterocycles. The van der Waals surface area contributed by atoms with Crippen LogP contribution >= 0.6 is 22.9 Å². The van der Waals surface area contributed by atoms with E-state index in [1.54, 1.807) is 16.7 Å². The fourth-order valence-corrected chi connectivity index (χ4v) is 4.11. The largest absolute Gasteiger partial charge is 0.296 e. The van der Waals surface area contributed by atoms with Crippen molar-refractivity contribution >= 4 is 27.9 Å². The van der Waals surface area contributed by atoms with E-state index in [-0.39, 0.29) is 5.56 Å². The van der Waals surface area contributed by atoms with Crippen LogP contribution in [-0.2, 0) is 13.1 Å². The van der Waals surface area contributed by atoms with E-state index in [2.05, 4.69) is 20.9 Å². The van der Waals surface area contributed by atoms with Gasteiger partial charge in [-0.05, 0) is 11.6 Å². The van der Waals surface area contributed by atoms with Crippen LogP contribution in [0, 0.1) is 0 Å². The van der Waals surface area contributed by atoms with Crippen LogP contribution in [0.4, 0.5) is 0 Å². The standard InChI is InChI=1S/C18H19ClN4OS/c19-16-4-2-1-3-14(16)12-21-5-7-22(8-6-21)13-15-11-17(24)23-9-10-25-18(23)20-15/h1-4,9-11H,5-8,12-13H2. The van der Waals surface area contributed by atoms with Crippen molar-refractivity contribution in [2.24, 2.45) is 0 Å². The first-order valence-corrected chi connectivity index (χ1v) is 9.59. The van der Waals surface area contributed by atoms with E-state index >= 15 is 0 Å². The number of fused-ring (bicyclic) bond motifs is 1. The summed E-state index contributed by atoms with van der Waals surface area (Å²) in [6.45, 7) is 5.53. The summed E-state index contributed by atoms with van der Waals surface area (Å²) in [6.07, 6.45) is 1.77. The molecule has 2 aromatic heterocycles. The summed E-state index contributed by atoms with van der Waals surface area (Å²) < 4.78 is 1.59. The molecule has 4 rings (SSSR count). The van der Waals surface area contributed by atoms with E-state index in [4.69, 9.17) is 11.6 Å². The molecule has 0 spiro atoms. The lowest BCUT2D eigenvalue weighted by Crippen LogP contribution is -2.45. The van der Waals surface area contributed by atoms with Gasteiger partial charge in [-0.1, -0.05) is 29.8 Å². The lowest BCUT2D eigenvalue weighted by atomic mass is 10.2. The number of hydrogen-bond donors (Lipinski definition) is 0. The molecular formula is C18H19ClN4OS.